The topological polar surface area (TPSA) is 49.9 Å². The van der Waals surface area contributed by atoms with E-state index in [0.717, 1.165) is 33.2 Å². The van der Waals surface area contributed by atoms with Gasteiger partial charge in [-0.25, -0.2) is 9.96 Å². The highest BCUT2D eigenvalue weighted by Gasteiger charge is 2.60. The number of amides is 2. The number of hydrogen-bond donors (Lipinski definition) is 0. The van der Waals surface area contributed by atoms with E-state index in [1.807, 2.05) is 86.6 Å². The average molecular weight is 449 g/mol. The summed E-state index contributed by atoms with van der Waals surface area (Å²) in [5, 5.41) is 3.88. The van der Waals surface area contributed by atoms with Crippen LogP contribution in [0, 0.1) is 19.8 Å². The minimum absolute atomic E-state index is 0.227. The van der Waals surface area contributed by atoms with Gasteiger partial charge in [-0.1, -0.05) is 66.7 Å². The van der Waals surface area contributed by atoms with Crippen molar-refractivity contribution in [3.05, 3.63) is 108 Å². The van der Waals surface area contributed by atoms with E-state index in [2.05, 4.69) is 18.2 Å². The fraction of sp³-hybridized carbons (Fsp3) is 0.172. The lowest BCUT2D eigenvalue weighted by Crippen LogP contribution is -2.37. The zero-order valence-corrected chi connectivity index (χ0v) is 19.0. The molecule has 4 aromatic rings. The van der Waals surface area contributed by atoms with Gasteiger partial charge in [-0.15, -0.1) is 0 Å². The van der Waals surface area contributed by atoms with Crippen LogP contribution in [0.15, 0.2) is 91.0 Å². The summed E-state index contributed by atoms with van der Waals surface area (Å²) >= 11 is 0. The molecular weight excluding hydrogens is 424 g/mol. The van der Waals surface area contributed by atoms with Gasteiger partial charge in [0.25, 0.3) is 5.91 Å². The van der Waals surface area contributed by atoms with Crippen LogP contribution in [0.3, 0.4) is 0 Å². The molecule has 2 aliphatic heterocycles. The van der Waals surface area contributed by atoms with E-state index >= 15 is 0 Å². The van der Waals surface area contributed by atoms with Crippen LogP contribution >= 0.6 is 0 Å². The van der Waals surface area contributed by atoms with Crippen LogP contribution < -0.4 is 9.96 Å². The van der Waals surface area contributed by atoms with Gasteiger partial charge in [-0.2, -0.15) is 0 Å². The van der Waals surface area contributed by atoms with Crippen molar-refractivity contribution in [3.63, 3.8) is 0 Å². The van der Waals surface area contributed by atoms with Crippen LogP contribution in [0.2, 0.25) is 0 Å². The quantitative estimate of drug-likeness (QED) is 0.388. The van der Waals surface area contributed by atoms with Crippen LogP contribution in [0.5, 0.6) is 0 Å². The number of anilines is 2. The zero-order valence-electron chi connectivity index (χ0n) is 19.0. The number of nitrogens with zero attached hydrogens (tertiary/aromatic N) is 2. The maximum Gasteiger partial charge on any atom is 0.266 e. The number of carbonyl (C=O) groups is 2. The van der Waals surface area contributed by atoms with Crippen LogP contribution in [0.25, 0.3) is 10.8 Å². The minimum Gasteiger partial charge on any atom is -0.273 e. The van der Waals surface area contributed by atoms with Crippen molar-refractivity contribution in [2.75, 3.05) is 9.96 Å². The van der Waals surface area contributed by atoms with Crippen molar-refractivity contribution < 1.29 is 14.4 Å². The number of hydroxylamine groups is 1. The standard InChI is InChI=1S/C29H24N2O3/c1-18-15-16-22(17-19(18)2)30-28(32)25-26(24-14-8-10-20-9-6-7-13-23(20)24)31(34-27(25)29(30)33)21-11-4-3-5-12-21/h3-17,25-27H,1-2H3/t25-,26-,27+/m1/s1. The van der Waals surface area contributed by atoms with Crippen LogP contribution in [-0.4, -0.2) is 17.9 Å². The van der Waals surface area contributed by atoms with Crippen LogP contribution in [0.1, 0.15) is 22.7 Å². The molecule has 6 rings (SSSR count). The van der Waals surface area contributed by atoms with Gasteiger partial charge in [0.1, 0.15) is 5.92 Å². The summed E-state index contributed by atoms with van der Waals surface area (Å²) in [7, 11) is 0. The Morgan fingerprint density at radius 3 is 2.24 bits per heavy atom. The van der Waals surface area contributed by atoms with Crippen molar-refractivity contribution in [2.45, 2.75) is 26.0 Å². The van der Waals surface area contributed by atoms with Gasteiger partial charge in [-0.05, 0) is 65.6 Å². The Kier molecular flexibility index (Phi) is 4.74. The Morgan fingerprint density at radius 2 is 1.44 bits per heavy atom. The summed E-state index contributed by atoms with van der Waals surface area (Å²) in [6.45, 7) is 4.00. The molecule has 0 aliphatic carbocycles. The lowest BCUT2D eigenvalue weighted by atomic mass is 9.87. The molecular formula is C29H24N2O3. The lowest BCUT2D eigenvalue weighted by molar-refractivity contribution is -0.126. The third-order valence-electron chi connectivity index (χ3n) is 7.02. The minimum atomic E-state index is -0.877. The van der Waals surface area contributed by atoms with Crippen LogP contribution in [0.4, 0.5) is 11.4 Å². The number of aryl methyl sites for hydroxylation is 2. The molecule has 168 valence electrons. The first-order valence-corrected chi connectivity index (χ1v) is 11.5. The Morgan fingerprint density at radius 1 is 0.706 bits per heavy atom. The summed E-state index contributed by atoms with van der Waals surface area (Å²) in [4.78, 5) is 35.1. The number of benzene rings is 4. The molecule has 2 heterocycles. The number of rotatable bonds is 3. The van der Waals surface area contributed by atoms with Gasteiger partial charge in [0.05, 0.1) is 17.4 Å². The molecule has 5 heteroatoms. The SMILES string of the molecule is Cc1ccc(N2C(=O)[C@H]3[C@H](ON(c4ccccc4)[C@@H]3c3cccc4ccccc34)C2=O)cc1C. The van der Waals surface area contributed by atoms with Crippen LogP contribution in [-0.2, 0) is 14.4 Å². The first-order valence-electron chi connectivity index (χ1n) is 11.5. The molecule has 0 unspecified atom stereocenters. The predicted octanol–water partition coefficient (Wildman–Crippen LogP) is 5.51. The molecule has 0 bridgehead atoms. The van der Waals surface area contributed by atoms with Gasteiger partial charge in [0, 0.05) is 0 Å². The largest absolute Gasteiger partial charge is 0.273 e. The highest BCUT2D eigenvalue weighted by atomic mass is 16.7. The second-order valence-electron chi connectivity index (χ2n) is 9.01. The van der Waals surface area contributed by atoms with E-state index in [4.69, 9.17) is 4.84 Å². The molecule has 2 saturated heterocycles. The number of carbonyl (C=O) groups excluding carboxylic acids is 2. The Hall–Kier alpha value is -3.96. The molecule has 2 amide bonds. The van der Waals surface area contributed by atoms with Gasteiger partial charge in [0.2, 0.25) is 5.91 Å². The highest BCUT2D eigenvalue weighted by Crippen LogP contribution is 2.49. The summed E-state index contributed by atoms with van der Waals surface area (Å²) < 4.78 is 0. The number of fused-ring (bicyclic) bond motifs is 2. The predicted molar refractivity (Wildman–Crippen MR) is 132 cm³/mol. The summed E-state index contributed by atoms with van der Waals surface area (Å²) in [5.41, 5.74) is 4.53. The third kappa shape index (κ3) is 3.05. The summed E-state index contributed by atoms with van der Waals surface area (Å²) in [5.74, 6) is -1.20. The Balaban J connectivity index is 1.50. The van der Waals surface area contributed by atoms with Crippen molar-refractivity contribution in [3.8, 4) is 0 Å². The maximum atomic E-state index is 13.9. The number of hydrogen-bond acceptors (Lipinski definition) is 4. The molecule has 0 aromatic heterocycles. The molecule has 0 saturated carbocycles. The molecule has 0 radical (unpaired) electrons. The van der Waals surface area contributed by atoms with Gasteiger partial charge >= 0.3 is 0 Å². The van der Waals surface area contributed by atoms with E-state index in [-0.39, 0.29) is 11.8 Å². The smallest absolute Gasteiger partial charge is 0.266 e. The normalized spacial score (nSPS) is 22.0. The van der Waals surface area contributed by atoms with E-state index in [9.17, 15) is 9.59 Å². The first kappa shape index (κ1) is 20.6. The van der Waals surface area contributed by atoms with Gasteiger partial charge in [0.15, 0.2) is 6.10 Å². The molecule has 2 aliphatic rings. The molecule has 0 N–H and O–H groups in total. The molecule has 3 atom stereocenters. The van der Waals surface area contributed by atoms with Crippen molar-refractivity contribution in [1.29, 1.82) is 0 Å². The van der Waals surface area contributed by atoms with E-state index in [0.29, 0.717) is 5.69 Å². The summed E-state index contributed by atoms with van der Waals surface area (Å²) in [6, 6.07) is 29.1. The van der Waals surface area contributed by atoms with Gasteiger partial charge in [-0.3, -0.25) is 14.4 Å². The van der Waals surface area contributed by atoms with Crippen molar-refractivity contribution in [2.24, 2.45) is 5.92 Å². The molecule has 5 nitrogen and oxygen atoms in total. The van der Waals surface area contributed by atoms with Gasteiger partial charge < -0.3 is 0 Å². The zero-order chi connectivity index (χ0) is 23.4. The summed E-state index contributed by atoms with van der Waals surface area (Å²) in [6.07, 6.45) is -0.877. The highest BCUT2D eigenvalue weighted by molar-refractivity contribution is 6.24. The van der Waals surface area contributed by atoms with E-state index < -0.39 is 18.1 Å². The second kappa shape index (κ2) is 7.82. The monoisotopic (exact) mass is 448 g/mol. The Labute approximate surface area is 198 Å². The van der Waals surface area contributed by atoms with E-state index in [1.54, 1.807) is 5.06 Å². The average Bonchev–Trinajstić information content (AvgIpc) is 3.37. The lowest BCUT2D eigenvalue weighted by Gasteiger charge is -2.29. The molecule has 2 fully saturated rings. The fourth-order valence-electron chi connectivity index (χ4n) is 5.16. The maximum absolute atomic E-state index is 13.9. The number of imide groups is 1. The Bertz CT molecular complexity index is 1430. The number of para-hydroxylation sites is 1. The third-order valence-corrected chi connectivity index (χ3v) is 7.02. The van der Waals surface area contributed by atoms with Crippen molar-refractivity contribution >= 4 is 34.0 Å². The molecule has 0 spiro atoms. The molecule has 4 aromatic carbocycles. The first-order chi connectivity index (χ1) is 16.5. The molecule has 34 heavy (non-hydrogen) atoms. The van der Waals surface area contributed by atoms with Crippen molar-refractivity contribution in [1.82, 2.24) is 0 Å². The van der Waals surface area contributed by atoms with E-state index in [1.165, 1.54) is 4.90 Å². The fourth-order valence-corrected chi connectivity index (χ4v) is 5.16. The second-order valence-corrected chi connectivity index (χ2v) is 9.01.